The van der Waals surface area contributed by atoms with Crippen molar-refractivity contribution in [3.63, 3.8) is 0 Å². The first-order valence-electron chi connectivity index (χ1n) is 7.98. The molecule has 1 saturated heterocycles. The summed E-state index contributed by atoms with van der Waals surface area (Å²) in [5.41, 5.74) is 0.963. The number of esters is 1. The van der Waals surface area contributed by atoms with Crippen molar-refractivity contribution in [2.75, 3.05) is 50.6 Å². The molecule has 0 atom stereocenters. The van der Waals surface area contributed by atoms with Crippen molar-refractivity contribution in [1.82, 2.24) is 14.9 Å². The van der Waals surface area contributed by atoms with Crippen molar-refractivity contribution in [2.24, 2.45) is 0 Å². The highest BCUT2D eigenvalue weighted by Gasteiger charge is 2.16. The first-order valence-corrected chi connectivity index (χ1v) is 8.36. The number of benzene rings is 1. The Balaban J connectivity index is 1.79. The SMILES string of the molecule is COC(=O)c1ccc(Cl)c(Nc2nccc(N3CCN(C)CC3)n2)c1. The molecule has 1 aromatic carbocycles. The van der Waals surface area contributed by atoms with E-state index in [0.29, 0.717) is 22.2 Å². The van der Waals surface area contributed by atoms with Gasteiger partial charge in [0.05, 0.1) is 23.4 Å². The van der Waals surface area contributed by atoms with Gasteiger partial charge in [0.1, 0.15) is 5.82 Å². The number of nitrogens with one attached hydrogen (secondary N) is 1. The molecule has 0 radical (unpaired) electrons. The van der Waals surface area contributed by atoms with Crippen LogP contribution < -0.4 is 10.2 Å². The average molecular weight is 362 g/mol. The van der Waals surface area contributed by atoms with Crippen molar-refractivity contribution < 1.29 is 9.53 Å². The predicted molar refractivity (Wildman–Crippen MR) is 97.8 cm³/mol. The molecule has 2 aromatic rings. The maximum atomic E-state index is 11.7. The summed E-state index contributed by atoms with van der Waals surface area (Å²) >= 11 is 6.21. The molecule has 132 valence electrons. The Labute approximate surface area is 151 Å². The van der Waals surface area contributed by atoms with Crippen LogP contribution in [-0.2, 0) is 4.74 Å². The molecule has 0 unspecified atom stereocenters. The number of carbonyl (C=O) groups is 1. The largest absolute Gasteiger partial charge is 0.465 e. The van der Waals surface area contributed by atoms with Crippen molar-refractivity contribution in [3.05, 3.63) is 41.0 Å². The summed E-state index contributed by atoms with van der Waals surface area (Å²) in [7, 11) is 3.45. The zero-order valence-corrected chi connectivity index (χ0v) is 15.0. The number of methoxy groups -OCH3 is 1. The number of rotatable bonds is 4. The van der Waals surface area contributed by atoms with Crippen LogP contribution in [0.5, 0.6) is 0 Å². The van der Waals surface area contributed by atoms with E-state index in [9.17, 15) is 4.79 Å². The quantitative estimate of drug-likeness (QED) is 0.838. The van der Waals surface area contributed by atoms with Crippen LogP contribution in [-0.4, -0.2) is 61.2 Å². The van der Waals surface area contributed by atoms with Crippen LogP contribution in [0.25, 0.3) is 0 Å². The van der Waals surface area contributed by atoms with Crippen LogP contribution in [0.4, 0.5) is 17.5 Å². The molecule has 1 aromatic heterocycles. The number of hydrogen-bond acceptors (Lipinski definition) is 7. The van der Waals surface area contributed by atoms with Crippen molar-refractivity contribution in [3.8, 4) is 0 Å². The van der Waals surface area contributed by atoms with E-state index in [1.807, 2.05) is 6.07 Å². The summed E-state index contributed by atoms with van der Waals surface area (Å²) in [6.45, 7) is 3.84. The minimum absolute atomic E-state index is 0.407. The zero-order valence-electron chi connectivity index (χ0n) is 14.2. The fourth-order valence-corrected chi connectivity index (χ4v) is 2.77. The number of piperazine rings is 1. The lowest BCUT2D eigenvalue weighted by Crippen LogP contribution is -2.44. The molecule has 2 heterocycles. The van der Waals surface area contributed by atoms with E-state index in [1.165, 1.54) is 7.11 Å². The number of anilines is 3. The lowest BCUT2D eigenvalue weighted by molar-refractivity contribution is 0.0601. The number of likely N-dealkylation sites (N-methyl/N-ethyl adjacent to an activating group) is 1. The minimum Gasteiger partial charge on any atom is -0.465 e. The van der Waals surface area contributed by atoms with Gasteiger partial charge in [-0.3, -0.25) is 0 Å². The van der Waals surface area contributed by atoms with Gasteiger partial charge in [0.15, 0.2) is 0 Å². The fourth-order valence-electron chi connectivity index (χ4n) is 2.61. The molecule has 0 saturated carbocycles. The molecule has 25 heavy (non-hydrogen) atoms. The lowest BCUT2D eigenvalue weighted by atomic mass is 10.2. The Morgan fingerprint density at radius 2 is 2.00 bits per heavy atom. The lowest BCUT2D eigenvalue weighted by Gasteiger charge is -2.33. The Kier molecular flexibility index (Phi) is 5.35. The van der Waals surface area contributed by atoms with Crippen LogP contribution >= 0.6 is 11.6 Å². The summed E-state index contributed by atoms with van der Waals surface area (Å²) in [6, 6.07) is 6.77. The van der Waals surface area contributed by atoms with Gasteiger partial charge in [-0.05, 0) is 31.3 Å². The Morgan fingerprint density at radius 1 is 1.24 bits per heavy atom. The van der Waals surface area contributed by atoms with Gasteiger partial charge in [-0.2, -0.15) is 4.98 Å². The highest BCUT2D eigenvalue weighted by molar-refractivity contribution is 6.33. The number of ether oxygens (including phenoxy) is 1. The van der Waals surface area contributed by atoms with E-state index in [1.54, 1.807) is 24.4 Å². The standard InChI is InChI=1S/C17H20ClN5O2/c1-22-7-9-23(10-8-22)15-5-6-19-17(21-15)20-14-11-12(16(24)25-2)3-4-13(14)18/h3-6,11H,7-10H2,1-2H3,(H,19,20,21). The van der Waals surface area contributed by atoms with E-state index in [-0.39, 0.29) is 0 Å². The summed E-state index contributed by atoms with van der Waals surface area (Å²) in [5.74, 6) is 0.873. The molecule has 1 aliphatic heterocycles. The molecule has 3 rings (SSSR count). The third-order valence-electron chi connectivity index (χ3n) is 4.10. The van der Waals surface area contributed by atoms with E-state index in [0.717, 1.165) is 32.0 Å². The normalized spacial score (nSPS) is 15.1. The summed E-state index contributed by atoms with van der Waals surface area (Å²) < 4.78 is 4.74. The third kappa shape index (κ3) is 4.18. The average Bonchev–Trinajstić information content (AvgIpc) is 2.64. The predicted octanol–water partition coefficient (Wildman–Crippen LogP) is 2.41. The molecular formula is C17H20ClN5O2. The number of hydrogen-bond donors (Lipinski definition) is 1. The first-order chi connectivity index (χ1) is 12.1. The van der Waals surface area contributed by atoms with E-state index < -0.39 is 5.97 Å². The number of nitrogens with zero attached hydrogens (tertiary/aromatic N) is 4. The molecule has 0 amide bonds. The topological polar surface area (TPSA) is 70.6 Å². The van der Waals surface area contributed by atoms with E-state index in [2.05, 4.69) is 32.1 Å². The van der Waals surface area contributed by atoms with Gasteiger partial charge in [-0.1, -0.05) is 11.6 Å². The Hall–Kier alpha value is -2.38. The summed E-state index contributed by atoms with van der Waals surface area (Å²) in [4.78, 5) is 25.0. The van der Waals surface area contributed by atoms with Gasteiger partial charge < -0.3 is 19.9 Å². The number of carbonyl (C=O) groups excluding carboxylic acids is 1. The second-order valence-electron chi connectivity index (χ2n) is 5.84. The van der Waals surface area contributed by atoms with Gasteiger partial charge in [-0.25, -0.2) is 9.78 Å². The highest BCUT2D eigenvalue weighted by atomic mass is 35.5. The smallest absolute Gasteiger partial charge is 0.337 e. The zero-order chi connectivity index (χ0) is 17.8. The Morgan fingerprint density at radius 3 is 2.72 bits per heavy atom. The monoisotopic (exact) mass is 361 g/mol. The maximum Gasteiger partial charge on any atom is 0.337 e. The molecule has 8 heteroatoms. The molecule has 0 aliphatic carbocycles. The van der Waals surface area contributed by atoms with E-state index in [4.69, 9.17) is 16.3 Å². The first kappa shape index (κ1) is 17.4. The molecular weight excluding hydrogens is 342 g/mol. The Bertz CT molecular complexity index is 762. The molecule has 7 nitrogen and oxygen atoms in total. The van der Waals surface area contributed by atoms with Crippen LogP contribution in [0, 0.1) is 0 Å². The third-order valence-corrected chi connectivity index (χ3v) is 4.43. The molecule has 1 aliphatic rings. The van der Waals surface area contributed by atoms with Crippen molar-refractivity contribution >= 4 is 35.0 Å². The second kappa shape index (κ2) is 7.67. The van der Waals surface area contributed by atoms with Crippen LogP contribution in [0.2, 0.25) is 5.02 Å². The summed E-state index contributed by atoms with van der Waals surface area (Å²) in [6.07, 6.45) is 1.71. The minimum atomic E-state index is -0.424. The van der Waals surface area contributed by atoms with Crippen molar-refractivity contribution in [2.45, 2.75) is 0 Å². The van der Waals surface area contributed by atoms with Crippen molar-refractivity contribution in [1.29, 1.82) is 0 Å². The van der Waals surface area contributed by atoms with Gasteiger partial charge in [-0.15, -0.1) is 0 Å². The van der Waals surface area contributed by atoms with Crippen LogP contribution in [0.3, 0.4) is 0 Å². The van der Waals surface area contributed by atoms with Crippen LogP contribution in [0.15, 0.2) is 30.5 Å². The molecule has 0 spiro atoms. The van der Waals surface area contributed by atoms with Gasteiger partial charge in [0, 0.05) is 32.4 Å². The number of aromatic nitrogens is 2. The van der Waals surface area contributed by atoms with Gasteiger partial charge >= 0.3 is 5.97 Å². The summed E-state index contributed by atoms with van der Waals surface area (Å²) in [5, 5.41) is 3.55. The van der Waals surface area contributed by atoms with Gasteiger partial charge in [0.25, 0.3) is 0 Å². The second-order valence-corrected chi connectivity index (χ2v) is 6.25. The maximum absolute atomic E-state index is 11.7. The molecule has 1 N–H and O–H groups in total. The number of halogens is 1. The van der Waals surface area contributed by atoms with Gasteiger partial charge in [0.2, 0.25) is 5.95 Å². The highest BCUT2D eigenvalue weighted by Crippen LogP contribution is 2.26. The van der Waals surface area contributed by atoms with E-state index >= 15 is 0 Å². The fraction of sp³-hybridized carbons (Fsp3) is 0.353. The molecule has 0 bridgehead atoms. The molecule has 1 fully saturated rings. The van der Waals surface area contributed by atoms with Crippen LogP contribution in [0.1, 0.15) is 10.4 Å².